The van der Waals surface area contributed by atoms with Crippen LogP contribution in [0.25, 0.3) is 0 Å². The molecule has 0 aliphatic heterocycles. The molecular formula is C14H19N5OS2. The maximum atomic E-state index is 11.6. The minimum atomic E-state index is 0.0169. The van der Waals surface area contributed by atoms with E-state index in [0.29, 0.717) is 22.5 Å². The minimum absolute atomic E-state index is 0.0169. The molecule has 0 aliphatic carbocycles. The van der Waals surface area contributed by atoms with Gasteiger partial charge in [-0.1, -0.05) is 17.8 Å². The second kappa shape index (κ2) is 8.00. The van der Waals surface area contributed by atoms with E-state index in [9.17, 15) is 4.79 Å². The summed E-state index contributed by atoms with van der Waals surface area (Å²) < 4.78 is 0. The number of aromatic nitrogens is 2. The number of hydrogen-bond donors (Lipinski definition) is 2. The number of nitrogen functional groups attached to an aromatic ring is 1. The van der Waals surface area contributed by atoms with E-state index in [4.69, 9.17) is 5.73 Å². The number of carbonyl (C=O) groups is 1. The number of anilines is 2. The first-order chi connectivity index (χ1) is 10.5. The first kappa shape index (κ1) is 16.6. The number of nitrogens with two attached hydrogens (primary N) is 1. The molecule has 3 N–H and O–H groups in total. The monoisotopic (exact) mass is 337 g/mol. The van der Waals surface area contributed by atoms with E-state index in [0.717, 1.165) is 13.0 Å². The van der Waals surface area contributed by atoms with E-state index in [1.165, 1.54) is 16.6 Å². The highest BCUT2D eigenvalue weighted by molar-refractivity contribution is 7.99. The smallest absolute Gasteiger partial charge is 0.232 e. The lowest BCUT2D eigenvalue weighted by molar-refractivity contribution is -0.125. The molecule has 0 unspecified atom stereocenters. The third kappa shape index (κ3) is 5.19. The lowest BCUT2D eigenvalue weighted by atomic mass is 10.3. The average molecular weight is 337 g/mol. The largest absolute Gasteiger partial charge is 0.383 e. The fourth-order valence-corrected chi connectivity index (χ4v) is 3.17. The molecule has 0 saturated carbocycles. The van der Waals surface area contributed by atoms with E-state index in [1.54, 1.807) is 36.4 Å². The van der Waals surface area contributed by atoms with Crippen molar-refractivity contribution in [2.45, 2.75) is 11.6 Å². The van der Waals surface area contributed by atoms with Gasteiger partial charge >= 0.3 is 0 Å². The van der Waals surface area contributed by atoms with Crippen LogP contribution in [0.3, 0.4) is 0 Å². The van der Waals surface area contributed by atoms with Gasteiger partial charge in [0, 0.05) is 31.6 Å². The van der Waals surface area contributed by atoms with E-state index in [2.05, 4.69) is 26.7 Å². The van der Waals surface area contributed by atoms with Crippen LogP contribution >= 0.6 is 23.1 Å². The van der Waals surface area contributed by atoms with Gasteiger partial charge in [0.2, 0.25) is 5.91 Å². The van der Waals surface area contributed by atoms with Gasteiger partial charge in [-0.3, -0.25) is 4.79 Å². The standard InChI is InChI=1S/C14H19N5OS2/c1-19(2)13(20)9-22-14-17-11(15)8-12(18-14)16-6-5-10-4-3-7-21-10/h3-4,7-8H,5-6,9H2,1-2H3,(H3,15,16,17,18). The molecule has 2 aromatic rings. The summed E-state index contributed by atoms with van der Waals surface area (Å²) in [5, 5.41) is 5.81. The Morgan fingerprint density at radius 3 is 2.95 bits per heavy atom. The second-order valence-corrected chi connectivity index (χ2v) is 6.77. The summed E-state index contributed by atoms with van der Waals surface area (Å²) in [7, 11) is 3.45. The molecule has 0 atom stereocenters. The van der Waals surface area contributed by atoms with E-state index >= 15 is 0 Å². The minimum Gasteiger partial charge on any atom is -0.383 e. The Morgan fingerprint density at radius 2 is 2.27 bits per heavy atom. The van der Waals surface area contributed by atoms with Crippen molar-refractivity contribution in [1.29, 1.82) is 0 Å². The average Bonchev–Trinajstić information content (AvgIpc) is 2.97. The summed E-state index contributed by atoms with van der Waals surface area (Å²) >= 11 is 3.02. The van der Waals surface area contributed by atoms with Gasteiger partial charge in [-0.2, -0.15) is 0 Å². The molecule has 0 radical (unpaired) electrons. The molecule has 0 fully saturated rings. The molecule has 2 heterocycles. The number of thiophene rings is 1. The Balaban J connectivity index is 1.90. The van der Waals surface area contributed by atoms with Gasteiger partial charge in [-0.05, 0) is 17.9 Å². The Labute approximate surface area is 138 Å². The van der Waals surface area contributed by atoms with Crippen molar-refractivity contribution in [3.63, 3.8) is 0 Å². The summed E-state index contributed by atoms with van der Waals surface area (Å²) in [5.41, 5.74) is 5.79. The van der Waals surface area contributed by atoms with Crippen LogP contribution in [0, 0.1) is 0 Å². The number of carbonyl (C=O) groups excluding carboxylic acids is 1. The summed E-state index contributed by atoms with van der Waals surface area (Å²) in [6.07, 6.45) is 0.934. The Bertz CT molecular complexity index is 616. The summed E-state index contributed by atoms with van der Waals surface area (Å²) in [4.78, 5) is 23.0. The second-order valence-electron chi connectivity index (χ2n) is 4.79. The molecule has 8 heteroatoms. The normalized spacial score (nSPS) is 10.5. The van der Waals surface area contributed by atoms with Crippen molar-refractivity contribution in [2.75, 3.05) is 37.4 Å². The zero-order valence-corrected chi connectivity index (χ0v) is 14.2. The zero-order valence-electron chi connectivity index (χ0n) is 12.6. The Kier molecular flexibility index (Phi) is 6.02. The molecule has 22 heavy (non-hydrogen) atoms. The Morgan fingerprint density at radius 1 is 1.45 bits per heavy atom. The van der Waals surface area contributed by atoms with E-state index in [1.807, 2.05) is 6.07 Å². The first-order valence-corrected chi connectivity index (χ1v) is 8.65. The lowest BCUT2D eigenvalue weighted by Gasteiger charge is -2.10. The molecule has 6 nitrogen and oxygen atoms in total. The van der Waals surface area contributed by atoms with Crippen LogP contribution in [-0.4, -0.2) is 47.2 Å². The van der Waals surface area contributed by atoms with Crippen LogP contribution in [0.1, 0.15) is 4.88 Å². The molecule has 2 rings (SSSR count). The maximum absolute atomic E-state index is 11.6. The van der Waals surface area contributed by atoms with Gasteiger partial charge in [-0.25, -0.2) is 9.97 Å². The van der Waals surface area contributed by atoms with Crippen LogP contribution in [0.5, 0.6) is 0 Å². The van der Waals surface area contributed by atoms with Crippen LogP contribution in [0.2, 0.25) is 0 Å². The van der Waals surface area contributed by atoms with Gasteiger partial charge in [-0.15, -0.1) is 11.3 Å². The number of thioether (sulfide) groups is 1. The van der Waals surface area contributed by atoms with Crippen molar-refractivity contribution in [2.24, 2.45) is 0 Å². The zero-order chi connectivity index (χ0) is 15.9. The highest BCUT2D eigenvalue weighted by atomic mass is 32.2. The molecule has 1 amide bonds. The van der Waals surface area contributed by atoms with Crippen molar-refractivity contribution in [1.82, 2.24) is 14.9 Å². The lowest BCUT2D eigenvalue weighted by Crippen LogP contribution is -2.23. The fourth-order valence-electron chi connectivity index (χ4n) is 1.62. The quantitative estimate of drug-likeness (QED) is 0.593. The Hall–Kier alpha value is -1.80. The molecule has 0 bridgehead atoms. The van der Waals surface area contributed by atoms with Crippen LogP contribution < -0.4 is 11.1 Å². The molecule has 0 saturated heterocycles. The fraction of sp³-hybridized carbons (Fsp3) is 0.357. The molecule has 118 valence electrons. The molecule has 0 aromatic carbocycles. The molecule has 0 spiro atoms. The van der Waals surface area contributed by atoms with Crippen molar-refractivity contribution in [3.05, 3.63) is 28.5 Å². The van der Waals surface area contributed by atoms with Gasteiger partial charge in [0.1, 0.15) is 11.6 Å². The highest BCUT2D eigenvalue weighted by Gasteiger charge is 2.08. The molecule has 0 aliphatic rings. The van der Waals surface area contributed by atoms with Gasteiger partial charge in [0.25, 0.3) is 0 Å². The summed E-state index contributed by atoms with van der Waals surface area (Å²) in [6.45, 7) is 0.775. The SMILES string of the molecule is CN(C)C(=O)CSc1nc(N)cc(NCCc2cccs2)n1. The van der Waals surface area contributed by atoms with Crippen molar-refractivity contribution in [3.8, 4) is 0 Å². The van der Waals surface area contributed by atoms with E-state index in [-0.39, 0.29) is 5.91 Å². The predicted molar refractivity (Wildman–Crippen MR) is 92.4 cm³/mol. The number of nitrogens with zero attached hydrogens (tertiary/aromatic N) is 3. The van der Waals surface area contributed by atoms with Gasteiger partial charge < -0.3 is 16.0 Å². The predicted octanol–water partition coefficient (Wildman–Crippen LogP) is 1.96. The van der Waals surface area contributed by atoms with Gasteiger partial charge in [0.15, 0.2) is 5.16 Å². The molecular weight excluding hydrogens is 318 g/mol. The summed E-state index contributed by atoms with van der Waals surface area (Å²) in [5.74, 6) is 1.39. The van der Waals surface area contributed by atoms with Crippen LogP contribution in [0.15, 0.2) is 28.7 Å². The maximum Gasteiger partial charge on any atom is 0.232 e. The van der Waals surface area contributed by atoms with Crippen LogP contribution in [-0.2, 0) is 11.2 Å². The number of nitrogens with one attached hydrogen (secondary N) is 1. The molecule has 2 aromatic heterocycles. The first-order valence-electron chi connectivity index (χ1n) is 6.78. The van der Waals surface area contributed by atoms with Gasteiger partial charge in [0.05, 0.1) is 5.75 Å². The third-order valence-corrected chi connectivity index (χ3v) is 4.57. The summed E-state index contributed by atoms with van der Waals surface area (Å²) in [6, 6.07) is 5.85. The third-order valence-electron chi connectivity index (χ3n) is 2.81. The van der Waals surface area contributed by atoms with E-state index < -0.39 is 0 Å². The number of hydrogen-bond acceptors (Lipinski definition) is 7. The highest BCUT2D eigenvalue weighted by Crippen LogP contribution is 2.18. The van der Waals surface area contributed by atoms with Crippen molar-refractivity contribution < 1.29 is 4.79 Å². The number of rotatable bonds is 7. The van der Waals surface area contributed by atoms with Crippen molar-refractivity contribution >= 4 is 40.6 Å². The topological polar surface area (TPSA) is 84.1 Å². The van der Waals surface area contributed by atoms with Crippen LogP contribution in [0.4, 0.5) is 11.6 Å². The number of amides is 1.